The second-order valence-corrected chi connectivity index (χ2v) is 9.26. The van der Waals surface area contributed by atoms with E-state index in [0.29, 0.717) is 17.1 Å². The van der Waals surface area contributed by atoms with Crippen molar-refractivity contribution in [2.75, 3.05) is 29.4 Å². The average molecular weight is 432 g/mol. The van der Waals surface area contributed by atoms with Gasteiger partial charge in [0.15, 0.2) is 11.4 Å². The van der Waals surface area contributed by atoms with Crippen molar-refractivity contribution in [2.45, 2.75) is 25.0 Å². The summed E-state index contributed by atoms with van der Waals surface area (Å²) in [6, 6.07) is 15.0. The number of rotatable bonds is 7. The Labute approximate surface area is 175 Å². The lowest BCUT2D eigenvalue weighted by molar-refractivity contribution is -0.145. The molecule has 30 heavy (non-hydrogen) atoms. The van der Waals surface area contributed by atoms with Gasteiger partial charge in [0.2, 0.25) is 15.9 Å². The third-order valence-electron chi connectivity index (χ3n) is 4.95. The van der Waals surface area contributed by atoms with Crippen molar-refractivity contribution >= 4 is 33.3 Å². The summed E-state index contributed by atoms with van der Waals surface area (Å²) in [5.74, 6) is -0.644. The van der Waals surface area contributed by atoms with Crippen molar-refractivity contribution in [3.8, 4) is 5.75 Å². The summed E-state index contributed by atoms with van der Waals surface area (Å²) >= 11 is 0. The maximum atomic E-state index is 13.1. The van der Waals surface area contributed by atoms with E-state index in [9.17, 15) is 18.0 Å². The van der Waals surface area contributed by atoms with Gasteiger partial charge in [0.25, 0.3) is 0 Å². The molecular weight excluding hydrogens is 408 g/mol. The van der Waals surface area contributed by atoms with Crippen LogP contribution < -0.4 is 14.4 Å². The topological polar surface area (TPSA) is 102 Å². The normalized spacial score (nSPS) is 19.9. The highest BCUT2D eigenvalue weighted by Crippen LogP contribution is 2.37. The molecule has 2 aromatic rings. The zero-order chi connectivity index (χ0) is 21.8. The quantitative estimate of drug-likeness (QED) is 0.675. The lowest BCUT2D eigenvalue weighted by atomic mass is 10.1. The average Bonchev–Trinajstić information content (AvgIpc) is 2.98. The van der Waals surface area contributed by atoms with E-state index >= 15 is 0 Å². The monoisotopic (exact) mass is 432 g/mol. The summed E-state index contributed by atoms with van der Waals surface area (Å²) in [7, 11) is -3.89. The summed E-state index contributed by atoms with van der Waals surface area (Å²) in [6.07, 6.45) is 0.177. The number of benzene rings is 2. The van der Waals surface area contributed by atoms with Crippen molar-refractivity contribution < 1.29 is 27.5 Å². The Morgan fingerprint density at radius 2 is 1.77 bits per heavy atom. The number of carbonyl (C=O) groups excluding carboxylic acids is 2. The molecule has 1 aliphatic heterocycles. The molecule has 1 atom stereocenters. The number of hydrogen-bond acceptors (Lipinski definition) is 6. The van der Waals surface area contributed by atoms with E-state index in [1.54, 1.807) is 61.5 Å². The molecule has 0 saturated carbocycles. The van der Waals surface area contributed by atoms with Crippen LogP contribution in [0.25, 0.3) is 0 Å². The number of anilines is 2. The molecular formula is C21H24N2O6S. The Bertz CT molecular complexity index is 1010. The van der Waals surface area contributed by atoms with Crippen LogP contribution in [0, 0.1) is 0 Å². The molecule has 1 aliphatic rings. The van der Waals surface area contributed by atoms with E-state index in [-0.39, 0.29) is 26.2 Å². The van der Waals surface area contributed by atoms with Crippen LogP contribution in [0.2, 0.25) is 0 Å². The van der Waals surface area contributed by atoms with Gasteiger partial charge in [-0.15, -0.1) is 0 Å². The Balaban J connectivity index is 1.67. The van der Waals surface area contributed by atoms with Crippen LogP contribution in [-0.2, 0) is 24.3 Å². The fraction of sp³-hybridized carbons (Fsp3) is 0.333. The SMILES string of the molecule is CCOC(=O)COc1ccc(NC(=O)[C@@]2(C)CCN(c3ccccc3)S2(=O)=O)cc1. The van der Waals surface area contributed by atoms with E-state index in [4.69, 9.17) is 9.47 Å². The van der Waals surface area contributed by atoms with Gasteiger partial charge in [-0.25, -0.2) is 13.2 Å². The Hall–Kier alpha value is -3.07. The Kier molecular flexibility index (Phi) is 6.31. The molecule has 9 heteroatoms. The Morgan fingerprint density at radius 3 is 2.40 bits per heavy atom. The number of ether oxygens (including phenoxy) is 2. The van der Waals surface area contributed by atoms with Gasteiger partial charge in [0, 0.05) is 12.2 Å². The van der Waals surface area contributed by atoms with Crippen LogP contribution in [0.3, 0.4) is 0 Å². The number of esters is 1. The predicted octanol–water partition coefficient (Wildman–Crippen LogP) is 2.57. The predicted molar refractivity (Wildman–Crippen MR) is 113 cm³/mol. The maximum absolute atomic E-state index is 13.1. The van der Waals surface area contributed by atoms with Crippen molar-refractivity contribution in [3.05, 3.63) is 54.6 Å². The number of hydrogen-bond donors (Lipinski definition) is 1. The zero-order valence-electron chi connectivity index (χ0n) is 16.8. The summed E-state index contributed by atoms with van der Waals surface area (Å²) in [4.78, 5) is 24.2. The summed E-state index contributed by atoms with van der Waals surface area (Å²) < 4.78 is 36.0. The van der Waals surface area contributed by atoms with E-state index < -0.39 is 26.6 Å². The van der Waals surface area contributed by atoms with Crippen LogP contribution in [0.4, 0.5) is 11.4 Å². The molecule has 0 spiro atoms. The van der Waals surface area contributed by atoms with Gasteiger partial charge < -0.3 is 14.8 Å². The fourth-order valence-electron chi connectivity index (χ4n) is 3.14. The van der Waals surface area contributed by atoms with Crippen LogP contribution in [-0.4, -0.2) is 44.8 Å². The molecule has 1 fully saturated rings. The minimum atomic E-state index is -3.89. The second kappa shape index (κ2) is 8.74. The number of sulfonamides is 1. The first-order valence-electron chi connectivity index (χ1n) is 9.55. The lowest BCUT2D eigenvalue weighted by Gasteiger charge is -2.25. The smallest absolute Gasteiger partial charge is 0.344 e. The van der Waals surface area contributed by atoms with Crippen molar-refractivity contribution in [3.63, 3.8) is 0 Å². The standard InChI is InChI=1S/C21H24N2O6S/c1-3-28-19(24)15-29-18-11-9-16(10-12-18)22-20(25)21(2)13-14-23(30(21,26)27)17-7-5-4-6-8-17/h4-12H,3,13-15H2,1-2H3,(H,22,25)/t21-/m1/s1. The van der Waals surface area contributed by atoms with Crippen LogP contribution in [0.1, 0.15) is 20.3 Å². The first-order valence-corrected chi connectivity index (χ1v) is 11.0. The largest absolute Gasteiger partial charge is 0.482 e. The number of nitrogens with one attached hydrogen (secondary N) is 1. The Morgan fingerprint density at radius 1 is 1.10 bits per heavy atom. The molecule has 160 valence electrons. The molecule has 1 saturated heterocycles. The maximum Gasteiger partial charge on any atom is 0.344 e. The molecule has 3 rings (SSSR count). The van der Waals surface area contributed by atoms with Gasteiger partial charge in [0.05, 0.1) is 12.3 Å². The molecule has 0 aliphatic carbocycles. The van der Waals surface area contributed by atoms with E-state index in [2.05, 4.69) is 5.32 Å². The summed E-state index contributed by atoms with van der Waals surface area (Å²) in [5, 5.41) is 2.67. The minimum absolute atomic E-state index is 0.177. The fourth-order valence-corrected chi connectivity index (χ4v) is 4.99. The molecule has 0 bridgehead atoms. The number of para-hydroxylation sites is 1. The molecule has 1 N–H and O–H groups in total. The zero-order valence-corrected chi connectivity index (χ0v) is 17.6. The molecule has 1 heterocycles. The van der Waals surface area contributed by atoms with Gasteiger partial charge in [-0.1, -0.05) is 18.2 Å². The van der Waals surface area contributed by atoms with Gasteiger partial charge in [-0.2, -0.15) is 0 Å². The number of carbonyl (C=O) groups is 2. The molecule has 0 radical (unpaired) electrons. The minimum Gasteiger partial charge on any atom is -0.482 e. The second-order valence-electron chi connectivity index (χ2n) is 6.97. The number of nitrogens with zero attached hydrogens (tertiary/aromatic N) is 1. The van der Waals surface area contributed by atoms with Crippen LogP contribution in [0.15, 0.2) is 54.6 Å². The van der Waals surface area contributed by atoms with E-state index in [0.717, 1.165) is 0 Å². The van der Waals surface area contributed by atoms with E-state index in [1.807, 2.05) is 0 Å². The highest BCUT2D eigenvalue weighted by Gasteiger charge is 2.54. The van der Waals surface area contributed by atoms with Crippen molar-refractivity contribution in [1.29, 1.82) is 0 Å². The van der Waals surface area contributed by atoms with Gasteiger partial charge in [-0.05, 0) is 56.7 Å². The molecule has 8 nitrogen and oxygen atoms in total. The summed E-state index contributed by atoms with van der Waals surface area (Å²) in [5.41, 5.74) is 0.968. The third-order valence-corrected chi connectivity index (χ3v) is 7.45. The van der Waals surface area contributed by atoms with Gasteiger partial charge in [-0.3, -0.25) is 9.10 Å². The van der Waals surface area contributed by atoms with Gasteiger partial charge >= 0.3 is 5.97 Å². The first kappa shape index (κ1) is 21.6. The molecule has 1 amide bonds. The van der Waals surface area contributed by atoms with Crippen molar-refractivity contribution in [2.24, 2.45) is 0 Å². The highest BCUT2D eigenvalue weighted by atomic mass is 32.2. The third kappa shape index (κ3) is 4.25. The molecule has 0 aromatic heterocycles. The van der Waals surface area contributed by atoms with Crippen LogP contribution in [0.5, 0.6) is 5.75 Å². The van der Waals surface area contributed by atoms with E-state index in [1.165, 1.54) is 11.2 Å². The first-order chi connectivity index (χ1) is 14.3. The number of amides is 1. The molecule has 0 unspecified atom stereocenters. The van der Waals surface area contributed by atoms with Crippen molar-refractivity contribution in [1.82, 2.24) is 0 Å². The summed E-state index contributed by atoms with van der Waals surface area (Å²) in [6.45, 7) is 3.44. The van der Waals surface area contributed by atoms with Crippen LogP contribution >= 0.6 is 0 Å². The lowest BCUT2D eigenvalue weighted by Crippen LogP contribution is -2.47. The molecule has 2 aromatic carbocycles. The highest BCUT2D eigenvalue weighted by molar-refractivity contribution is 7.95. The van der Waals surface area contributed by atoms with Gasteiger partial charge in [0.1, 0.15) is 5.75 Å².